The van der Waals surface area contributed by atoms with E-state index in [2.05, 4.69) is 52.1 Å². The number of methoxy groups -OCH3 is 1. The highest BCUT2D eigenvalue weighted by Crippen LogP contribution is 2.71. The second-order valence-electron chi connectivity index (χ2n) is 13.4. The summed E-state index contributed by atoms with van der Waals surface area (Å²) in [5.74, 6) is 0.712. The SMILES string of the molecule is COc1cc(-c2cccc(N(CC34CCC(c5ccnc(C)c5)(CC3)CC4)C(=O)CC34CC(F)(C3)C4)c2)ccn1. The van der Waals surface area contributed by atoms with Gasteiger partial charge in [0.15, 0.2) is 0 Å². The van der Waals surface area contributed by atoms with Crippen molar-refractivity contribution in [2.75, 3.05) is 18.6 Å². The highest BCUT2D eigenvalue weighted by Gasteiger charge is 2.69. The number of carbonyl (C=O) groups is 1. The number of nitrogens with zero attached hydrogens (tertiary/aromatic N) is 3. The summed E-state index contributed by atoms with van der Waals surface area (Å²) in [6.45, 7) is 2.81. The molecule has 6 heteroatoms. The fraction of sp³-hybridized carbons (Fsp3) is 0.500. The first-order chi connectivity index (χ1) is 19.2. The summed E-state index contributed by atoms with van der Waals surface area (Å²) in [4.78, 5) is 24.8. The van der Waals surface area contributed by atoms with Crippen molar-refractivity contribution in [2.45, 2.75) is 82.2 Å². The van der Waals surface area contributed by atoms with Gasteiger partial charge >= 0.3 is 0 Å². The lowest BCUT2D eigenvalue weighted by Crippen LogP contribution is -2.65. The van der Waals surface area contributed by atoms with Gasteiger partial charge < -0.3 is 9.64 Å². The first-order valence-electron chi connectivity index (χ1n) is 14.8. The Hall–Kier alpha value is -3.28. The molecule has 1 amide bonds. The Labute approximate surface area is 236 Å². The van der Waals surface area contributed by atoms with E-state index in [1.165, 1.54) is 5.56 Å². The van der Waals surface area contributed by atoms with Crippen LogP contribution in [0.25, 0.3) is 11.1 Å². The first kappa shape index (κ1) is 25.7. The number of amides is 1. The summed E-state index contributed by atoms with van der Waals surface area (Å²) in [5, 5.41) is 0. The first-order valence-corrected chi connectivity index (χ1v) is 14.8. The van der Waals surface area contributed by atoms with Crippen LogP contribution in [0.15, 0.2) is 60.9 Å². The highest BCUT2D eigenvalue weighted by atomic mass is 19.1. The van der Waals surface area contributed by atoms with Gasteiger partial charge in [-0.2, -0.15) is 0 Å². The fourth-order valence-corrected chi connectivity index (χ4v) is 8.49. The Balaban J connectivity index is 1.16. The monoisotopic (exact) mass is 539 g/mol. The molecule has 0 atom stereocenters. The zero-order chi connectivity index (χ0) is 27.6. The summed E-state index contributed by atoms with van der Waals surface area (Å²) in [7, 11) is 1.62. The van der Waals surface area contributed by atoms with Crippen LogP contribution in [0.2, 0.25) is 0 Å². The third kappa shape index (κ3) is 4.31. The molecule has 3 aromatic rings. The predicted octanol–water partition coefficient (Wildman–Crippen LogP) is 7.37. The lowest BCUT2D eigenvalue weighted by Gasteiger charge is -2.66. The van der Waals surface area contributed by atoms with E-state index in [9.17, 15) is 9.18 Å². The summed E-state index contributed by atoms with van der Waals surface area (Å²) in [6, 6.07) is 16.7. The number of hydrogen-bond donors (Lipinski definition) is 0. The normalized spacial score (nSPS) is 31.7. The standard InChI is InChI=1S/C34H38FN3O2/c1-24-16-27(7-15-36-24)33-11-8-31(9-12-33,10-13-33)23-38(30(39)19-32-20-34(35,21-32)22-32)28-5-3-4-25(17-28)26-6-14-37-29(18-26)40-2/h3-7,14-18H,8-13,19-23H2,1-2H3. The number of hydrogen-bond acceptors (Lipinski definition) is 4. The predicted molar refractivity (Wildman–Crippen MR) is 154 cm³/mol. The number of alkyl halides is 1. The van der Waals surface area contributed by atoms with Gasteiger partial charge in [0.1, 0.15) is 5.67 Å². The number of pyridine rings is 2. The summed E-state index contributed by atoms with van der Waals surface area (Å²) >= 11 is 0. The van der Waals surface area contributed by atoms with E-state index in [0.29, 0.717) is 31.6 Å². The van der Waals surface area contributed by atoms with Gasteiger partial charge in [0.25, 0.3) is 0 Å². The van der Waals surface area contributed by atoms with Gasteiger partial charge in [-0.25, -0.2) is 9.37 Å². The average Bonchev–Trinajstić information content (AvgIpc) is 2.95. The lowest BCUT2D eigenvalue weighted by atomic mass is 9.41. The van der Waals surface area contributed by atoms with Crippen molar-refractivity contribution >= 4 is 11.6 Å². The summed E-state index contributed by atoms with van der Waals surface area (Å²) < 4.78 is 19.7. The number of rotatable bonds is 8. The molecule has 9 rings (SSSR count). The summed E-state index contributed by atoms with van der Waals surface area (Å²) in [6.07, 6.45) is 12.6. The van der Waals surface area contributed by atoms with E-state index in [1.807, 2.05) is 24.4 Å². The van der Waals surface area contributed by atoms with Crippen LogP contribution in [0.1, 0.15) is 75.5 Å². The molecule has 6 saturated carbocycles. The van der Waals surface area contributed by atoms with Crippen molar-refractivity contribution in [3.63, 3.8) is 0 Å². The molecule has 0 spiro atoms. The van der Waals surface area contributed by atoms with Gasteiger partial charge in [-0.3, -0.25) is 9.78 Å². The fourth-order valence-electron chi connectivity index (χ4n) is 8.49. The molecule has 6 aliphatic carbocycles. The number of aryl methyl sites for hydroxylation is 1. The number of carbonyl (C=O) groups excluding carboxylic acids is 1. The molecule has 2 heterocycles. The largest absolute Gasteiger partial charge is 0.481 e. The second kappa shape index (κ2) is 9.12. The molecule has 40 heavy (non-hydrogen) atoms. The van der Waals surface area contributed by atoms with E-state index in [1.54, 1.807) is 13.3 Å². The number of benzene rings is 1. The molecule has 6 fully saturated rings. The molecule has 0 N–H and O–H groups in total. The maximum atomic E-state index is 14.3. The van der Waals surface area contributed by atoms with Gasteiger partial charge in [0.2, 0.25) is 11.8 Å². The Morgan fingerprint density at radius 1 is 0.900 bits per heavy atom. The van der Waals surface area contributed by atoms with Crippen LogP contribution in [-0.2, 0) is 10.2 Å². The molecule has 208 valence electrons. The minimum Gasteiger partial charge on any atom is -0.481 e. The molecule has 6 aliphatic rings. The summed E-state index contributed by atoms with van der Waals surface area (Å²) in [5.41, 5.74) is 4.74. The van der Waals surface area contributed by atoms with Crippen LogP contribution >= 0.6 is 0 Å². The average molecular weight is 540 g/mol. The minimum absolute atomic E-state index is 0.120. The van der Waals surface area contributed by atoms with Gasteiger partial charge in [0.05, 0.1) is 7.11 Å². The zero-order valence-corrected chi connectivity index (χ0v) is 23.6. The van der Waals surface area contributed by atoms with Crippen molar-refractivity contribution < 1.29 is 13.9 Å². The van der Waals surface area contributed by atoms with Crippen molar-refractivity contribution in [2.24, 2.45) is 10.8 Å². The van der Waals surface area contributed by atoms with Gasteiger partial charge in [-0.05, 0) is 128 Å². The Bertz CT molecular complexity index is 1420. The van der Waals surface area contributed by atoms with E-state index >= 15 is 0 Å². The molecule has 2 aromatic heterocycles. The third-order valence-corrected chi connectivity index (χ3v) is 10.7. The second-order valence-corrected chi connectivity index (χ2v) is 13.4. The Morgan fingerprint density at radius 3 is 2.27 bits per heavy atom. The molecule has 0 aliphatic heterocycles. The molecule has 0 saturated heterocycles. The van der Waals surface area contributed by atoms with Crippen LogP contribution < -0.4 is 9.64 Å². The molecule has 5 nitrogen and oxygen atoms in total. The van der Waals surface area contributed by atoms with Crippen molar-refractivity contribution in [1.82, 2.24) is 9.97 Å². The van der Waals surface area contributed by atoms with Crippen LogP contribution in [0, 0.1) is 17.8 Å². The number of ether oxygens (including phenoxy) is 1. The number of fused-ring (bicyclic) bond motifs is 3. The van der Waals surface area contributed by atoms with Gasteiger partial charge in [-0.1, -0.05) is 12.1 Å². The Morgan fingerprint density at radius 2 is 1.60 bits per heavy atom. The van der Waals surface area contributed by atoms with Crippen molar-refractivity contribution in [1.29, 1.82) is 0 Å². The van der Waals surface area contributed by atoms with E-state index in [-0.39, 0.29) is 22.2 Å². The Kier molecular flexibility index (Phi) is 5.85. The molecule has 0 radical (unpaired) electrons. The molecule has 4 bridgehead atoms. The maximum absolute atomic E-state index is 14.3. The molecular weight excluding hydrogens is 501 g/mol. The third-order valence-electron chi connectivity index (χ3n) is 10.7. The minimum atomic E-state index is -0.995. The van der Waals surface area contributed by atoms with Crippen molar-refractivity contribution in [3.05, 3.63) is 72.2 Å². The number of halogens is 1. The van der Waals surface area contributed by atoms with Gasteiger partial charge in [0, 0.05) is 42.8 Å². The zero-order valence-electron chi connectivity index (χ0n) is 23.6. The van der Waals surface area contributed by atoms with Crippen molar-refractivity contribution in [3.8, 4) is 17.0 Å². The quantitative estimate of drug-likeness (QED) is 0.300. The van der Waals surface area contributed by atoms with Crippen LogP contribution in [-0.4, -0.2) is 35.2 Å². The molecule has 1 aromatic carbocycles. The number of aromatic nitrogens is 2. The van der Waals surface area contributed by atoms with E-state index < -0.39 is 5.67 Å². The maximum Gasteiger partial charge on any atom is 0.227 e. The van der Waals surface area contributed by atoms with Crippen LogP contribution in [0.5, 0.6) is 5.88 Å². The molecule has 0 unspecified atom stereocenters. The van der Waals surface area contributed by atoms with Crippen LogP contribution in [0.4, 0.5) is 10.1 Å². The molecular formula is C34H38FN3O2. The topological polar surface area (TPSA) is 55.3 Å². The highest BCUT2D eigenvalue weighted by molar-refractivity contribution is 5.95. The van der Waals surface area contributed by atoms with E-state index in [0.717, 1.165) is 67.6 Å². The number of anilines is 1. The lowest BCUT2D eigenvalue weighted by molar-refractivity contribution is -0.215. The van der Waals surface area contributed by atoms with Crippen LogP contribution in [0.3, 0.4) is 0 Å². The smallest absolute Gasteiger partial charge is 0.227 e. The van der Waals surface area contributed by atoms with E-state index in [4.69, 9.17) is 4.74 Å². The van der Waals surface area contributed by atoms with Gasteiger partial charge in [-0.15, -0.1) is 0 Å².